The Hall–Kier alpha value is -1.97. The summed E-state index contributed by atoms with van der Waals surface area (Å²) in [5, 5.41) is 9.49. The second-order valence-corrected chi connectivity index (χ2v) is 3.32. The molecular weight excluding hydrogens is 192 g/mol. The Kier molecular flexibility index (Phi) is 2.33. The monoisotopic (exact) mass is 204 g/mol. The van der Waals surface area contributed by atoms with E-state index in [1.165, 1.54) is 0 Å². The zero-order valence-electron chi connectivity index (χ0n) is 8.64. The molecule has 0 saturated heterocycles. The van der Waals surface area contributed by atoms with Crippen molar-refractivity contribution in [1.29, 1.82) is 0 Å². The van der Waals surface area contributed by atoms with Crippen LogP contribution < -0.4 is 4.74 Å². The fourth-order valence-electron chi connectivity index (χ4n) is 1.26. The molecule has 0 aliphatic rings. The molecule has 0 fully saturated rings. The predicted molar refractivity (Wildman–Crippen MR) is 56.1 cm³/mol. The van der Waals surface area contributed by atoms with Gasteiger partial charge in [-0.3, -0.25) is 0 Å². The number of ether oxygens (including phenoxy) is 1. The highest BCUT2D eigenvalue weighted by Crippen LogP contribution is 2.29. The Bertz CT molecular complexity index is 477. The Labute approximate surface area is 87.8 Å². The maximum atomic E-state index is 9.49. The van der Waals surface area contributed by atoms with Crippen LogP contribution in [0, 0.1) is 6.92 Å². The van der Waals surface area contributed by atoms with Crippen molar-refractivity contribution in [2.75, 3.05) is 0 Å². The van der Waals surface area contributed by atoms with Crippen molar-refractivity contribution in [2.24, 2.45) is 7.05 Å². The third kappa shape index (κ3) is 1.79. The average Bonchev–Trinajstić information content (AvgIpc) is 2.60. The van der Waals surface area contributed by atoms with Crippen LogP contribution >= 0.6 is 0 Å². The molecule has 0 aliphatic carbocycles. The van der Waals surface area contributed by atoms with Crippen molar-refractivity contribution in [1.82, 2.24) is 9.55 Å². The zero-order valence-corrected chi connectivity index (χ0v) is 8.64. The van der Waals surface area contributed by atoms with Gasteiger partial charge in [-0.2, -0.15) is 0 Å². The van der Waals surface area contributed by atoms with Crippen molar-refractivity contribution in [3.8, 4) is 17.5 Å². The molecule has 0 atom stereocenters. The summed E-state index contributed by atoms with van der Waals surface area (Å²) in [6.45, 7) is 1.80. The molecule has 78 valence electrons. The Morgan fingerprint density at radius 1 is 1.40 bits per heavy atom. The number of phenols is 1. The molecule has 0 unspecified atom stereocenters. The smallest absolute Gasteiger partial charge is 0.301 e. The van der Waals surface area contributed by atoms with E-state index >= 15 is 0 Å². The minimum Gasteiger partial charge on any atom is -0.508 e. The van der Waals surface area contributed by atoms with Gasteiger partial charge in [0.05, 0.1) is 0 Å². The normalized spacial score (nSPS) is 10.3. The quantitative estimate of drug-likeness (QED) is 0.815. The first-order valence-electron chi connectivity index (χ1n) is 4.62. The van der Waals surface area contributed by atoms with E-state index in [-0.39, 0.29) is 5.75 Å². The summed E-state index contributed by atoms with van der Waals surface area (Å²) in [4.78, 5) is 4.04. The molecule has 0 bridgehead atoms. The van der Waals surface area contributed by atoms with Crippen LogP contribution in [0.1, 0.15) is 5.56 Å². The standard InChI is InChI=1S/C11H12N2O2/c1-8-9(14)4-3-5-10(8)15-11-12-6-7-13(11)2/h3-7,14H,1-2H3. The second kappa shape index (κ2) is 3.65. The van der Waals surface area contributed by atoms with Crippen LogP contribution in [-0.4, -0.2) is 14.7 Å². The van der Waals surface area contributed by atoms with Gasteiger partial charge in [0.1, 0.15) is 11.5 Å². The molecule has 1 aromatic heterocycles. The molecule has 1 heterocycles. The lowest BCUT2D eigenvalue weighted by Crippen LogP contribution is -1.94. The van der Waals surface area contributed by atoms with E-state index in [1.807, 2.05) is 7.05 Å². The van der Waals surface area contributed by atoms with Crippen molar-refractivity contribution < 1.29 is 9.84 Å². The van der Waals surface area contributed by atoms with Crippen LogP contribution in [0.5, 0.6) is 17.5 Å². The number of aromatic nitrogens is 2. The van der Waals surface area contributed by atoms with Crippen LogP contribution in [0.2, 0.25) is 0 Å². The van der Waals surface area contributed by atoms with E-state index in [1.54, 1.807) is 42.1 Å². The third-order valence-corrected chi connectivity index (χ3v) is 2.23. The lowest BCUT2D eigenvalue weighted by Gasteiger charge is -2.08. The van der Waals surface area contributed by atoms with Gasteiger partial charge in [0.25, 0.3) is 0 Å². The van der Waals surface area contributed by atoms with Crippen LogP contribution in [0.25, 0.3) is 0 Å². The zero-order chi connectivity index (χ0) is 10.8. The SMILES string of the molecule is Cc1c(O)cccc1Oc1nccn1C. The number of aryl methyl sites for hydroxylation is 1. The molecule has 0 aliphatic heterocycles. The molecule has 2 rings (SSSR count). The lowest BCUT2D eigenvalue weighted by molar-refractivity contribution is 0.412. The maximum absolute atomic E-state index is 9.49. The van der Waals surface area contributed by atoms with Gasteiger partial charge in [0.2, 0.25) is 0 Å². The minimum absolute atomic E-state index is 0.224. The Morgan fingerprint density at radius 2 is 2.20 bits per heavy atom. The molecular formula is C11H12N2O2. The molecule has 1 N–H and O–H groups in total. The molecule has 0 amide bonds. The topological polar surface area (TPSA) is 47.3 Å². The second-order valence-electron chi connectivity index (χ2n) is 3.32. The van der Waals surface area contributed by atoms with Gasteiger partial charge in [-0.15, -0.1) is 0 Å². The average molecular weight is 204 g/mol. The predicted octanol–water partition coefficient (Wildman–Crippen LogP) is 2.23. The molecule has 1 aromatic carbocycles. The fourth-order valence-corrected chi connectivity index (χ4v) is 1.26. The van der Waals surface area contributed by atoms with E-state index in [0.29, 0.717) is 17.3 Å². The highest BCUT2D eigenvalue weighted by atomic mass is 16.5. The third-order valence-electron chi connectivity index (χ3n) is 2.23. The van der Waals surface area contributed by atoms with Crippen LogP contribution in [-0.2, 0) is 7.05 Å². The van der Waals surface area contributed by atoms with Crippen molar-refractivity contribution in [2.45, 2.75) is 6.92 Å². The number of hydrogen-bond acceptors (Lipinski definition) is 3. The summed E-state index contributed by atoms with van der Waals surface area (Å²) in [7, 11) is 1.85. The molecule has 4 heteroatoms. The number of aromatic hydroxyl groups is 1. The maximum Gasteiger partial charge on any atom is 0.301 e. The highest BCUT2D eigenvalue weighted by Gasteiger charge is 2.07. The first-order chi connectivity index (χ1) is 7.18. The van der Waals surface area contributed by atoms with Crippen LogP contribution in [0.15, 0.2) is 30.6 Å². The van der Waals surface area contributed by atoms with Gasteiger partial charge in [-0.1, -0.05) is 6.07 Å². The van der Waals surface area contributed by atoms with Gasteiger partial charge < -0.3 is 14.4 Å². The summed E-state index contributed by atoms with van der Waals surface area (Å²) in [6.07, 6.45) is 3.46. The van der Waals surface area contributed by atoms with Crippen molar-refractivity contribution in [3.05, 3.63) is 36.2 Å². The van der Waals surface area contributed by atoms with Crippen LogP contribution in [0.4, 0.5) is 0 Å². The summed E-state index contributed by atoms with van der Waals surface area (Å²) >= 11 is 0. The fraction of sp³-hybridized carbons (Fsp3) is 0.182. The molecule has 2 aromatic rings. The summed E-state index contributed by atoms with van der Waals surface area (Å²) in [6, 6.07) is 5.66. The lowest BCUT2D eigenvalue weighted by atomic mass is 10.2. The Balaban J connectivity index is 2.33. The van der Waals surface area contributed by atoms with E-state index < -0.39 is 0 Å². The number of rotatable bonds is 2. The first-order valence-corrected chi connectivity index (χ1v) is 4.62. The van der Waals surface area contributed by atoms with Gasteiger partial charge in [-0.25, -0.2) is 4.98 Å². The summed E-state index contributed by atoms with van der Waals surface area (Å²) in [5.41, 5.74) is 0.709. The molecule has 0 saturated carbocycles. The molecule has 4 nitrogen and oxygen atoms in total. The van der Waals surface area contributed by atoms with Gasteiger partial charge >= 0.3 is 6.01 Å². The van der Waals surface area contributed by atoms with Gasteiger partial charge in [0, 0.05) is 25.0 Å². The van der Waals surface area contributed by atoms with E-state index in [2.05, 4.69) is 4.98 Å². The van der Waals surface area contributed by atoms with Gasteiger partial charge in [-0.05, 0) is 19.1 Å². The van der Waals surface area contributed by atoms with Gasteiger partial charge in [0.15, 0.2) is 0 Å². The van der Waals surface area contributed by atoms with E-state index in [0.717, 1.165) is 0 Å². The Morgan fingerprint density at radius 3 is 2.87 bits per heavy atom. The number of phenolic OH excluding ortho intramolecular Hbond substituents is 1. The number of benzene rings is 1. The molecule has 15 heavy (non-hydrogen) atoms. The summed E-state index contributed by atoms with van der Waals surface area (Å²) in [5.74, 6) is 0.839. The van der Waals surface area contributed by atoms with E-state index in [4.69, 9.17) is 4.74 Å². The van der Waals surface area contributed by atoms with Crippen LogP contribution in [0.3, 0.4) is 0 Å². The van der Waals surface area contributed by atoms with Crippen molar-refractivity contribution in [3.63, 3.8) is 0 Å². The molecule has 0 radical (unpaired) electrons. The number of nitrogens with zero attached hydrogens (tertiary/aromatic N) is 2. The van der Waals surface area contributed by atoms with E-state index in [9.17, 15) is 5.11 Å². The molecule has 0 spiro atoms. The number of imidazole rings is 1. The highest BCUT2D eigenvalue weighted by molar-refractivity contribution is 5.43. The first kappa shape index (κ1) is 9.58. The number of hydrogen-bond donors (Lipinski definition) is 1. The minimum atomic E-state index is 0.224. The largest absolute Gasteiger partial charge is 0.508 e. The van der Waals surface area contributed by atoms with Crippen molar-refractivity contribution >= 4 is 0 Å². The summed E-state index contributed by atoms with van der Waals surface area (Å²) < 4.78 is 7.32.